The maximum Gasteiger partial charge on any atom is 0.234 e. The number of carbonyl (C=O) groups is 1. The van der Waals surface area contributed by atoms with Crippen molar-refractivity contribution in [2.45, 2.75) is 45.7 Å². The molecule has 1 aromatic carbocycles. The highest BCUT2D eigenvalue weighted by molar-refractivity contribution is 5.78. The molecule has 2 rings (SSSR count). The van der Waals surface area contributed by atoms with Crippen molar-refractivity contribution in [1.82, 2.24) is 10.6 Å². The number of hydrogen-bond acceptors (Lipinski definition) is 3. The first-order valence-corrected chi connectivity index (χ1v) is 7.99. The van der Waals surface area contributed by atoms with E-state index < -0.39 is 0 Å². The van der Waals surface area contributed by atoms with E-state index in [4.69, 9.17) is 0 Å². The van der Waals surface area contributed by atoms with E-state index in [1.54, 1.807) is 0 Å². The van der Waals surface area contributed by atoms with Crippen molar-refractivity contribution in [2.24, 2.45) is 0 Å². The first kappa shape index (κ1) is 15.8. The Labute approximate surface area is 127 Å². The third-order valence-electron chi connectivity index (χ3n) is 3.72. The van der Waals surface area contributed by atoms with Gasteiger partial charge in [-0.15, -0.1) is 0 Å². The van der Waals surface area contributed by atoms with Crippen molar-refractivity contribution in [3.63, 3.8) is 0 Å². The minimum atomic E-state index is 0.0509. The normalized spacial score (nSPS) is 15.3. The number of rotatable bonds is 6. The van der Waals surface area contributed by atoms with E-state index in [1.807, 2.05) is 13.8 Å². The number of amides is 1. The van der Waals surface area contributed by atoms with Gasteiger partial charge in [0.25, 0.3) is 0 Å². The lowest BCUT2D eigenvalue weighted by Crippen LogP contribution is -2.37. The summed E-state index contributed by atoms with van der Waals surface area (Å²) in [5.41, 5.74) is 2.53. The molecule has 2 N–H and O–H groups in total. The molecule has 0 spiro atoms. The fourth-order valence-corrected chi connectivity index (χ4v) is 2.67. The van der Waals surface area contributed by atoms with Crippen molar-refractivity contribution in [3.8, 4) is 0 Å². The highest BCUT2D eigenvalue weighted by atomic mass is 16.1. The van der Waals surface area contributed by atoms with E-state index in [9.17, 15) is 4.79 Å². The standard InChI is InChI=1S/C17H27N3O/c1-14(2)19-17(21)13-18-12-15-6-8-16(9-7-15)20-10-4-3-5-11-20/h6-9,14,18H,3-5,10-13H2,1-2H3,(H,19,21). The monoisotopic (exact) mass is 289 g/mol. The Kier molecular flexibility index (Phi) is 6.05. The number of benzene rings is 1. The average Bonchev–Trinajstić information content (AvgIpc) is 2.48. The second kappa shape index (κ2) is 8.03. The van der Waals surface area contributed by atoms with Gasteiger partial charge in [0.05, 0.1) is 6.54 Å². The van der Waals surface area contributed by atoms with Gasteiger partial charge in [-0.3, -0.25) is 4.79 Å². The van der Waals surface area contributed by atoms with Crippen LogP contribution in [0.15, 0.2) is 24.3 Å². The van der Waals surface area contributed by atoms with Crippen LogP contribution in [0, 0.1) is 0 Å². The topological polar surface area (TPSA) is 44.4 Å². The largest absolute Gasteiger partial charge is 0.372 e. The molecule has 0 aliphatic carbocycles. The average molecular weight is 289 g/mol. The van der Waals surface area contributed by atoms with E-state index in [0.29, 0.717) is 6.54 Å². The highest BCUT2D eigenvalue weighted by Gasteiger charge is 2.10. The molecule has 21 heavy (non-hydrogen) atoms. The molecule has 4 nitrogen and oxygen atoms in total. The van der Waals surface area contributed by atoms with Crippen LogP contribution in [0.5, 0.6) is 0 Å². The zero-order chi connectivity index (χ0) is 15.1. The van der Waals surface area contributed by atoms with Crippen LogP contribution in [0.25, 0.3) is 0 Å². The summed E-state index contributed by atoms with van der Waals surface area (Å²) in [5.74, 6) is 0.0509. The molecule has 116 valence electrons. The lowest BCUT2D eigenvalue weighted by molar-refractivity contribution is -0.120. The molecule has 1 heterocycles. The quantitative estimate of drug-likeness (QED) is 0.844. The maximum absolute atomic E-state index is 11.5. The summed E-state index contributed by atoms with van der Waals surface area (Å²) < 4.78 is 0. The molecule has 0 saturated carbocycles. The Morgan fingerprint density at radius 1 is 1.14 bits per heavy atom. The van der Waals surface area contributed by atoms with Crippen LogP contribution < -0.4 is 15.5 Å². The summed E-state index contributed by atoms with van der Waals surface area (Å²) in [4.78, 5) is 14.0. The van der Waals surface area contributed by atoms with E-state index in [0.717, 1.165) is 6.54 Å². The number of anilines is 1. The molecule has 1 amide bonds. The fraction of sp³-hybridized carbons (Fsp3) is 0.588. The molecule has 1 saturated heterocycles. The Hall–Kier alpha value is -1.55. The zero-order valence-electron chi connectivity index (χ0n) is 13.2. The van der Waals surface area contributed by atoms with Crippen molar-refractivity contribution in [3.05, 3.63) is 29.8 Å². The van der Waals surface area contributed by atoms with Crippen LogP contribution in [0.3, 0.4) is 0 Å². The number of hydrogen-bond donors (Lipinski definition) is 2. The van der Waals surface area contributed by atoms with Gasteiger partial charge < -0.3 is 15.5 Å². The molecule has 0 radical (unpaired) electrons. The van der Waals surface area contributed by atoms with E-state index in [1.165, 1.54) is 43.6 Å². The van der Waals surface area contributed by atoms with Gasteiger partial charge in [-0.05, 0) is 50.8 Å². The van der Waals surface area contributed by atoms with Gasteiger partial charge in [-0.1, -0.05) is 12.1 Å². The van der Waals surface area contributed by atoms with Crippen molar-refractivity contribution in [1.29, 1.82) is 0 Å². The van der Waals surface area contributed by atoms with Gasteiger partial charge in [0.1, 0.15) is 0 Å². The number of piperidine rings is 1. The summed E-state index contributed by atoms with van der Waals surface area (Å²) in [6.07, 6.45) is 3.96. The molecule has 0 atom stereocenters. The summed E-state index contributed by atoms with van der Waals surface area (Å²) in [7, 11) is 0. The summed E-state index contributed by atoms with van der Waals surface area (Å²) in [6.45, 7) is 7.38. The lowest BCUT2D eigenvalue weighted by atomic mass is 10.1. The molecule has 0 aromatic heterocycles. The van der Waals surface area contributed by atoms with Crippen LogP contribution in [0.1, 0.15) is 38.7 Å². The Balaban J connectivity index is 1.75. The fourth-order valence-electron chi connectivity index (χ4n) is 2.67. The van der Waals surface area contributed by atoms with Gasteiger partial charge in [0, 0.05) is 31.4 Å². The first-order valence-electron chi connectivity index (χ1n) is 7.99. The van der Waals surface area contributed by atoms with Crippen LogP contribution in [0.2, 0.25) is 0 Å². The Morgan fingerprint density at radius 3 is 2.43 bits per heavy atom. The molecule has 1 aliphatic rings. The van der Waals surface area contributed by atoms with Crippen molar-refractivity contribution >= 4 is 11.6 Å². The van der Waals surface area contributed by atoms with E-state index in [2.05, 4.69) is 39.8 Å². The number of nitrogens with zero attached hydrogens (tertiary/aromatic N) is 1. The van der Waals surface area contributed by atoms with Crippen LogP contribution >= 0.6 is 0 Å². The minimum absolute atomic E-state index is 0.0509. The summed E-state index contributed by atoms with van der Waals surface area (Å²) in [6, 6.07) is 8.88. The number of carbonyl (C=O) groups excluding carboxylic acids is 1. The summed E-state index contributed by atoms with van der Waals surface area (Å²) in [5, 5.41) is 6.05. The SMILES string of the molecule is CC(C)NC(=O)CNCc1ccc(N2CCCCC2)cc1. The second-order valence-corrected chi connectivity index (χ2v) is 6.04. The smallest absolute Gasteiger partial charge is 0.234 e. The summed E-state index contributed by atoms with van der Waals surface area (Å²) >= 11 is 0. The molecule has 0 bridgehead atoms. The van der Waals surface area contributed by atoms with Gasteiger partial charge in [-0.25, -0.2) is 0 Å². The Morgan fingerprint density at radius 2 is 1.81 bits per heavy atom. The molecular weight excluding hydrogens is 262 g/mol. The maximum atomic E-state index is 11.5. The van der Waals surface area contributed by atoms with Crippen molar-refractivity contribution in [2.75, 3.05) is 24.5 Å². The van der Waals surface area contributed by atoms with Gasteiger partial charge in [0.2, 0.25) is 5.91 Å². The molecule has 4 heteroatoms. The molecule has 0 unspecified atom stereocenters. The van der Waals surface area contributed by atoms with Crippen LogP contribution in [-0.2, 0) is 11.3 Å². The number of nitrogens with one attached hydrogen (secondary N) is 2. The Bertz CT molecular complexity index is 436. The molecular formula is C17H27N3O. The predicted octanol–water partition coefficient (Wildman–Crippen LogP) is 2.29. The van der Waals surface area contributed by atoms with Crippen LogP contribution in [0.4, 0.5) is 5.69 Å². The zero-order valence-corrected chi connectivity index (χ0v) is 13.2. The molecule has 1 fully saturated rings. The van der Waals surface area contributed by atoms with Crippen molar-refractivity contribution < 1.29 is 4.79 Å². The second-order valence-electron chi connectivity index (χ2n) is 6.04. The van der Waals surface area contributed by atoms with Gasteiger partial charge in [0.15, 0.2) is 0 Å². The van der Waals surface area contributed by atoms with Crippen LogP contribution in [-0.4, -0.2) is 31.6 Å². The molecule has 1 aliphatic heterocycles. The van der Waals surface area contributed by atoms with Gasteiger partial charge in [-0.2, -0.15) is 0 Å². The lowest BCUT2D eigenvalue weighted by Gasteiger charge is -2.28. The van der Waals surface area contributed by atoms with Gasteiger partial charge >= 0.3 is 0 Å². The third kappa shape index (κ3) is 5.38. The highest BCUT2D eigenvalue weighted by Crippen LogP contribution is 2.20. The van der Waals surface area contributed by atoms with E-state index >= 15 is 0 Å². The third-order valence-corrected chi connectivity index (χ3v) is 3.72. The van der Waals surface area contributed by atoms with E-state index in [-0.39, 0.29) is 11.9 Å². The molecule has 1 aromatic rings. The predicted molar refractivity (Wildman–Crippen MR) is 87.5 cm³/mol. The first-order chi connectivity index (χ1) is 10.1. The minimum Gasteiger partial charge on any atom is -0.372 e.